The number of alkyl halides is 5. The summed E-state index contributed by atoms with van der Waals surface area (Å²) in [6, 6.07) is 0. The molecule has 0 saturated heterocycles. The second-order valence-electron chi connectivity index (χ2n) is 1.57. The molecule has 0 unspecified atom stereocenters. The van der Waals surface area contributed by atoms with Gasteiger partial charge in [0.05, 0.1) is 0 Å². The average Bonchev–Trinajstić information content (AvgIpc) is 1.87. The van der Waals surface area contributed by atoms with E-state index in [0.29, 0.717) is 0 Å². The summed E-state index contributed by atoms with van der Waals surface area (Å²) in [6.07, 6.45) is -5.08. The molecule has 11 heavy (non-hydrogen) atoms. The molecule has 0 aliphatic rings. The molecule has 66 valence electrons. The SMILES string of the molecule is O=COC(F)(F)C(F)(F)CF. The van der Waals surface area contributed by atoms with E-state index in [-0.39, 0.29) is 0 Å². The van der Waals surface area contributed by atoms with Crippen molar-refractivity contribution >= 4 is 6.47 Å². The zero-order valence-corrected chi connectivity index (χ0v) is 4.99. The van der Waals surface area contributed by atoms with Gasteiger partial charge in [0.2, 0.25) is 0 Å². The van der Waals surface area contributed by atoms with Gasteiger partial charge in [0.25, 0.3) is 6.47 Å². The maximum atomic E-state index is 11.8. The monoisotopic (exact) mass is 178 g/mol. The van der Waals surface area contributed by atoms with Crippen LogP contribution in [-0.4, -0.2) is 25.2 Å². The maximum absolute atomic E-state index is 11.8. The molecule has 0 rings (SSSR count). The van der Waals surface area contributed by atoms with E-state index < -0.39 is 25.2 Å². The zero-order valence-electron chi connectivity index (χ0n) is 4.99. The molecule has 0 saturated carbocycles. The van der Waals surface area contributed by atoms with E-state index in [1.54, 1.807) is 0 Å². The molecule has 0 aromatic rings. The van der Waals surface area contributed by atoms with Crippen LogP contribution in [0.2, 0.25) is 0 Å². The molecule has 0 aromatic heterocycles. The van der Waals surface area contributed by atoms with E-state index in [9.17, 15) is 26.7 Å². The Labute approximate surface area is 57.9 Å². The topological polar surface area (TPSA) is 26.3 Å². The number of hydrogen-bond acceptors (Lipinski definition) is 2. The molecule has 7 heteroatoms. The first-order valence-corrected chi connectivity index (χ1v) is 2.30. The van der Waals surface area contributed by atoms with Crippen molar-refractivity contribution in [2.24, 2.45) is 0 Å². The predicted molar refractivity (Wildman–Crippen MR) is 23.0 cm³/mol. The van der Waals surface area contributed by atoms with Gasteiger partial charge in [-0.25, -0.2) is 4.39 Å². The number of carbonyl (C=O) groups is 1. The third kappa shape index (κ3) is 2.02. The number of hydrogen-bond donors (Lipinski definition) is 0. The van der Waals surface area contributed by atoms with Crippen molar-refractivity contribution in [2.45, 2.75) is 12.0 Å². The Hall–Kier alpha value is -0.880. The third-order valence-electron chi connectivity index (χ3n) is 0.790. The number of carbonyl (C=O) groups excluding carboxylic acids is 1. The van der Waals surface area contributed by atoms with Gasteiger partial charge in [0, 0.05) is 0 Å². The van der Waals surface area contributed by atoms with Crippen LogP contribution in [0.5, 0.6) is 0 Å². The van der Waals surface area contributed by atoms with Crippen LogP contribution >= 0.6 is 0 Å². The summed E-state index contributed by atoms with van der Waals surface area (Å²) in [4.78, 5) is 9.23. The van der Waals surface area contributed by atoms with E-state index in [2.05, 4.69) is 4.74 Å². The Balaban J connectivity index is 4.38. The quantitative estimate of drug-likeness (QED) is 0.479. The molecular formula is C4H3F5O2. The van der Waals surface area contributed by atoms with Crippen LogP contribution in [0, 0.1) is 0 Å². The van der Waals surface area contributed by atoms with Gasteiger partial charge < -0.3 is 4.74 Å². The maximum Gasteiger partial charge on any atom is 0.469 e. The molecule has 0 radical (unpaired) electrons. The molecule has 0 spiro atoms. The van der Waals surface area contributed by atoms with Crippen molar-refractivity contribution in [2.75, 3.05) is 6.67 Å². The van der Waals surface area contributed by atoms with E-state index in [4.69, 9.17) is 0 Å². The minimum atomic E-state index is -5.08. The molecule has 2 nitrogen and oxygen atoms in total. The number of rotatable bonds is 4. The van der Waals surface area contributed by atoms with Crippen molar-refractivity contribution < 1.29 is 31.5 Å². The summed E-state index contributed by atoms with van der Waals surface area (Å²) >= 11 is 0. The number of halogens is 5. The lowest BCUT2D eigenvalue weighted by Crippen LogP contribution is -2.44. The van der Waals surface area contributed by atoms with Gasteiger partial charge in [-0.3, -0.25) is 4.79 Å². The van der Waals surface area contributed by atoms with Crippen LogP contribution in [0.3, 0.4) is 0 Å². The van der Waals surface area contributed by atoms with Crippen molar-refractivity contribution in [3.63, 3.8) is 0 Å². The number of ether oxygens (including phenoxy) is 1. The van der Waals surface area contributed by atoms with Crippen LogP contribution in [0.4, 0.5) is 22.0 Å². The van der Waals surface area contributed by atoms with Crippen LogP contribution < -0.4 is 0 Å². The lowest BCUT2D eigenvalue weighted by atomic mass is 10.3. The summed E-state index contributed by atoms with van der Waals surface area (Å²) in [5.41, 5.74) is 0. The van der Waals surface area contributed by atoms with Crippen LogP contribution in [-0.2, 0) is 9.53 Å². The molecule has 0 atom stereocenters. The Morgan fingerprint density at radius 2 is 1.73 bits per heavy atom. The highest BCUT2D eigenvalue weighted by Crippen LogP contribution is 2.34. The lowest BCUT2D eigenvalue weighted by Gasteiger charge is -2.20. The van der Waals surface area contributed by atoms with Crippen molar-refractivity contribution in [3.05, 3.63) is 0 Å². The molecule has 0 N–H and O–H groups in total. The highest BCUT2D eigenvalue weighted by molar-refractivity contribution is 5.37. The normalized spacial score (nSPS) is 12.8. The van der Waals surface area contributed by atoms with Crippen molar-refractivity contribution in [1.29, 1.82) is 0 Å². The summed E-state index contributed by atoms with van der Waals surface area (Å²) in [7, 11) is 0. The summed E-state index contributed by atoms with van der Waals surface area (Å²) < 4.78 is 60.8. The molecule has 0 aliphatic heterocycles. The van der Waals surface area contributed by atoms with Gasteiger partial charge in [0.1, 0.15) is 0 Å². The zero-order chi connectivity index (χ0) is 9.12. The first kappa shape index (κ1) is 10.1. The van der Waals surface area contributed by atoms with Crippen molar-refractivity contribution in [3.8, 4) is 0 Å². The fraction of sp³-hybridized carbons (Fsp3) is 0.750. The highest BCUT2D eigenvalue weighted by atomic mass is 19.3. The Kier molecular flexibility index (Phi) is 2.77. The standard InChI is InChI=1S/C4H3F5O2/c5-1-3(6,7)4(8,9)11-2-10/h2H,1H2. The first-order chi connectivity index (χ1) is 4.87. The van der Waals surface area contributed by atoms with Gasteiger partial charge in [-0.05, 0) is 0 Å². The van der Waals surface area contributed by atoms with Crippen LogP contribution in [0.1, 0.15) is 0 Å². The smallest absolute Gasteiger partial charge is 0.398 e. The van der Waals surface area contributed by atoms with Crippen LogP contribution in [0.25, 0.3) is 0 Å². The first-order valence-electron chi connectivity index (χ1n) is 2.30. The van der Waals surface area contributed by atoms with Gasteiger partial charge in [0.15, 0.2) is 6.67 Å². The molecule has 0 aromatic carbocycles. The predicted octanol–water partition coefficient (Wildman–Crippen LogP) is 1.36. The fourth-order valence-corrected chi connectivity index (χ4v) is 0.224. The molecular weight excluding hydrogens is 175 g/mol. The second kappa shape index (κ2) is 3.02. The van der Waals surface area contributed by atoms with Gasteiger partial charge in [-0.1, -0.05) is 0 Å². The van der Waals surface area contributed by atoms with Gasteiger partial charge in [-0.15, -0.1) is 0 Å². The van der Waals surface area contributed by atoms with Gasteiger partial charge >= 0.3 is 12.0 Å². The molecule has 0 aliphatic carbocycles. The highest BCUT2D eigenvalue weighted by Gasteiger charge is 2.59. The largest absolute Gasteiger partial charge is 0.469 e. The Morgan fingerprint density at radius 3 is 2.00 bits per heavy atom. The van der Waals surface area contributed by atoms with E-state index in [0.717, 1.165) is 0 Å². The van der Waals surface area contributed by atoms with E-state index in [1.807, 2.05) is 0 Å². The average molecular weight is 178 g/mol. The van der Waals surface area contributed by atoms with E-state index >= 15 is 0 Å². The Bertz CT molecular complexity index is 145. The minimum absolute atomic E-state index is 0.871. The molecule has 0 fully saturated rings. The van der Waals surface area contributed by atoms with Gasteiger partial charge in [-0.2, -0.15) is 17.6 Å². The molecule has 0 heterocycles. The summed E-state index contributed by atoms with van der Waals surface area (Å²) in [6.45, 7) is -3.46. The molecule has 0 bridgehead atoms. The Morgan fingerprint density at radius 1 is 1.27 bits per heavy atom. The molecule has 0 amide bonds. The minimum Gasteiger partial charge on any atom is -0.398 e. The van der Waals surface area contributed by atoms with E-state index in [1.165, 1.54) is 0 Å². The third-order valence-corrected chi connectivity index (χ3v) is 0.790. The lowest BCUT2D eigenvalue weighted by molar-refractivity contribution is -0.328. The fourth-order valence-electron chi connectivity index (χ4n) is 0.224. The van der Waals surface area contributed by atoms with Crippen molar-refractivity contribution in [1.82, 2.24) is 0 Å². The summed E-state index contributed by atoms with van der Waals surface area (Å²) in [5, 5.41) is 0. The summed E-state index contributed by atoms with van der Waals surface area (Å²) in [5.74, 6) is -4.96. The second-order valence-corrected chi connectivity index (χ2v) is 1.57. The van der Waals surface area contributed by atoms with Crippen LogP contribution in [0.15, 0.2) is 0 Å².